The number of hydrogen-bond acceptors (Lipinski definition) is 3. The van der Waals surface area contributed by atoms with Crippen molar-refractivity contribution in [3.8, 4) is 0 Å². The predicted molar refractivity (Wildman–Crippen MR) is 68.2 cm³/mol. The van der Waals surface area contributed by atoms with Gasteiger partial charge < -0.3 is 10.6 Å². The maximum Gasteiger partial charge on any atom is 0.325 e. The first-order chi connectivity index (χ1) is 9.56. The highest BCUT2D eigenvalue weighted by Crippen LogP contribution is 2.03. The van der Waals surface area contributed by atoms with Gasteiger partial charge in [-0.1, -0.05) is 12.1 Å². The minimum Gasteiger partial charge on any atom is -0.354 e. The van der Waals surface area contributed by atoms with E-state index in [2.05, 4.69) is 10.6 Å². The van der Waals surface area contributed by atoms with Gasteiger partial charge in [-0.05, 0) is 24.1 Å². The van der Waals surface area contributed by atoms with Crippen LogP contribution in [0.2, 0.25) is 0 Å². The fourth-order valence-electron chi connectivity index (χ4n) is 1.81. The summed E-state index contributed by atoms with van der Waals surface area (Å²) in [5.74, 6) is -1.13. The lowest BCUT2D eigenvalue weighted by atomic mass is 10.1. The van der Waals surface area contributed by atoms with Gasteiger partial charge in [-0.2, -0.15) is 0 Å². The van der Waals surface area contributed by atoms with Gasteiger partial charge in [0.25, 0.3) is 5.91 Å². The number of benzene rings is 1. The van der Waals surface area contributed by atoms with E-state index in [-0.39, 0.29) is 18.9 Å². The van der Waals surface area contributed by atoms with E-state index in [4.69, 9.17) is 0 Å². The van der Waals surface area contributed by atoms with Gasteiger partial charge in [0.05, 0.1) is 6.54 Å². The Morgan fingerprint density at radius 1 is 1.30 bits per heavy atom. The van der Waals surface area contributed by atoms with E-state index in [9.17, 15) is 18.8 Å². The van der Waals surface area contributed by atoms with E-state index in [0.29, 0.717) is 13.0 Å². The molecule has 0 aliphatic carbocycles. The largest absolute Gasteiger partial charge is 0.354 e. The number of carbonyl (C=O) groups is 3. The second-order valence-electron chi connectivity index (χ2n) is 4.37. The van der Waals surface area contributed by atoms with Crippen LogP contribution in [0.5, 0.6) is 0 Å². The van der Waals surface area contributed by atoms with E-state index < -0.39 is 17.8 Å². The third-order valence-corrected chi connectivity index (χ3v) is 2.89. The van der Waals surface area contributed by atoms with Gasteiger partial charge >= 0.3 is 6.03 Å². The molecule has 0 saturated carbocycles. The molecule has 1 heterocycles. The van der Waals surface area contributed by atoms with Crippen molar-refractivity contribution in [2.24, 2.45) is 0 Å². The Hall–Kier alpha value is -2.44. The van der Waals surface area contributed by atoms with Crippen LogP contribution in [0, 0.1) is 5.82 Å². The smallest absolute Gasteiger partial charge is 0.325 e. The normalized spacial score (nSPS) is 14.3. The van der Waals surface area contributed by atoms with E-state index in [1.807, 2.05) is 0 Å². The van der Waals surface area contributed by atoms with Crippen LogP contribution >= 0.6 is 0 Å². The van der Waals surface area contributed by atoms with Gasteiger partial charge in [0.1, 0.15) is 12.4 Å². The molecule has 7 heteroatoms. The fourth-order valence-corrected chi connectivity index (χ4v) is 1.81. The van der Waals surface area contributed by atoms with Crippen molar-refractivity contribution in [1.82, 2.24) is 15.5 Å². The first-order valence-corrected chi connectivity index (χ1v) is 6.15. The molecule has 0 radical (unpaired) electrons. The summed E-state index contributed by atoms with van der Waals surface area (Å²) >= 11 is 0. The van der Waals surface area contributed by atoms with Gasteiger partial charge in [-0.25, -0.2) is 9.18 Å². The molecule has 2 N–H and O–H groups in total. The second-order valence-corrected chi connectivity index (χ2v) is 4.37. The lowest BCUT2D eigenvalue weighted by Gasteiger charge is -2.12. The summed E-state index contributed by atoms with van der Waals surface area (Å²) in [7, 11) is 0. The molecule has 0 bridgehead atoms. The number of nitrogens with zero attached hydrogens (tertiary/aromatic N) is 1. The van der Waals surface area contributed by atoms with Crippen molar-refractivity contribution in [1.29, 1.82) is 0 Å². The molecule has 0 spiro atoms. The summed E-state index contributed by atoms with van der Waals surface area (Å²) < 4.78 is 12.7. The standard InChI is InChI=1S/C13H14FN3O3/c14-10-3-1-9(2-4-10)5-6-15-11(18)8-17-12(19)7-16-13(17)20/h1-4H,5-8H2,(H,15,18)(H,16,20). The lowest BCUT2D eigenvalue weighted by Crippen LogP contribution is -2.41. The van der Waals surface area contributed by atoms with Crippen LogP contribution in [0.25, 0.3) is 0 Å². The van der Waals surface area contributed by atoms with Crippen LogP contribution in [-0.2, 0) is 16.0 Å². The summed E-state index contributed by atoms with van der Waals surface area (Å²) in [5.41, 5.74) is 0.890. The third-order valence-electron chi connectivity index (χ3n) is 2.89. The highest BCUT2D eigenvalue weighted by atomic mass is 19.1. The summed E-state index contributed by atoms with van der Waals surface area (Å²) in [5, 5.41) is 4.94. The fraction of sp³-hybridized carbons (Fsp3) is 0.308. The molecule has 4 amide bonds. The molecule has 106 valence electrons. The molecular weight excluding hydrogens is 265 g/mol. The van der Waals surface area contributed by atoms with Crippen LogP contribution in [-0.4, -0.2) is 42.4 Å². The number of hydrogen-bond donors (Lipinski definition) is 2. The zero-order valence-corrected chi connectivity index (χ0v) is 10.7. The van der Waals surface area contributed by atoms with Crippen LogP contribution in [0.3, 0.4) is 0 Å². The Bertz CT molecular complexity index is 514. The Labute approximate surface area is 114 Å². The molecule has 1 aliphatic heterocycles. The summed E-state index contributed by atoms with van der Waals surface area (Å²) in [6.45, 7) is 0.00386. The molecule has 0 aromatic heterocycles. The second kappa shape index (κ2) is 6.14. The molecule has 1 aromatic carbocycles. The van der Waals surface area contributed by atoms with Crippen molar-refractivity contribution in [2.75, 3.05) is 19.6 Å². The summed E-state index contributed by atoms with van der Waals surface area (Å²) in [6.07, 6.45) is 0.548. The zero-order valence-electron chi connectivity index (χ0n) is 10.7. The van der Waals surface area contributed by atoms with E-state index in [1.165, 1.54) is 12.1 Å². The molecule has 0 unspecified atom stereocenters. The maximum atomic E-state index is 12.7. The van der Waals surface area contributed by atoms with Gasteiger partial charge in [0.2, 0.25) is 5.91 Å². The number of urea groups is 1. The topological polar surface area (TPSA) is 78.5 Å². The van der Waals surface area contributed by atoms with Crippen LogP contribution in [0.4, 0.5) is 9.18 Å². The van der Waals surface area contributed by atoms with E-state index in [0.717, 1.165) is 10.5 Å². The number of imide groups is 1. The lowest BCUT2D eigenvalue weighted by molar-refractivity contribution is -0.130. The van der Waals surface area contributed by atoms with Crippen LogP contribution in [0.1, 0.15) is 5.56 Å². The molecule has 0 atom stereocenters. The summed E-state index contributed by atoms with van der Waals surface area (Å²) in [4.78, 5) is 35.0. The monoisotopic (exact) mass is 279 g/mol. The molecule has 1 aromatic rings. The number of rotatable bonds is 5. The first-order valence-electron chi connectivity index (χ1n) is 6.15. The van der Waals surface area contributed by atoms with Crippen molar-refractivity contribution >= 4 is 17.8 Å². The number of amides is 4. The maximum absolute atomic E-state index is 12.7. The van der Waals surface area contributed by atoms with Crippen molar-refractivity contribution in [3.05, 3.63) is 35.6 Å². The average Bonchev–Trinajstić information content (AvgIpc) is 2.73. The zero-order chi connectivity index (χ0) is 14.5. The minimum atomic E-state index is -0.552. The molecule has 1 aliphatic rings. The van der Waals surface area contributed by atoms with Crippen LogP contribution in [0.15, 0.2) is 24.3 Å². The first kappa shape index (κ1) is 14.0. The van der Waals surface area contributed by atoms with Gasteiger partial charge in [0.15, 0.2) is 0 Å². The van der Waals surface area contributed by atoms with E-state index >= 15 is 0 Å². The number of halogens is 1. The van der Waals surface area contributed by atoms with Crippen LogP contribution < -0.4 is 10.6 Å². The molecule has 1 saturated heterocycles. The molecule has 20 heavy (non-hydrogen) atoms. The van der Waals surface area contributed by atoms with Gasteiger partial charge in [0, 0.05) is 6.54 Å². The average molecular weight is 279 g/mol. The third kappa shape index (κ3) is 3.53. The minimum absolute atomic E-state index is 0.0678. The molecule has 6 nitrogen and oxygen atoms in total. The summed E-state index contributed by atoms with van der Waals surface area (Å²) in [6, 6.07) is 5.43. The quantitative estimate of drug-likeness (QED) is 0.747. The Balaban J connectivity index is 1.74. The van der Waals surface area contributed by atoms with Gasteiger partial charge in [-0.15, -0.1) is 0 Å². The van der Waals surface area contributed by atoms with E-state index in [1.54, 1.807) is 12.1 Å². The SMILES string of the molecule is O=C(CN1C(=O)CNC1=O)NCCc1ccc(F)cc1. The Kier molecular flexibility index (Phi) is 4.29. The van der Waals surface area contributed by atoms with Crippen molar-refractivity contribution in [2.45, 2.75) is 6.42 Å². The Morgan fingerprint density at radius 3 is 2.60 bits per heavy atom. The van der Waals surface area contributed by atoms with Crippen molar-refractivity contribution in [3.63, 3.8) is 0 Å². The number of nitrogens with one attached hydrogen (secondary N) is 2. The highest BCUT2D eigenvalue weighted by molar-refractivity contribution is 6.04. The highest BCUT2D eigenvalue weighted by Gasteiger charge is 2.29. The Morgan fingerprint density at radius 2 is 2.00 bits per heavy atom. The molecule has 1 fully saturated rings. The van der Waals surface area contributed by atoms with Crippen molar-refractivity contribution < 1.29 is 18.8 Å². The molecule has 2 rings (SSSR count). The predicted octanol–water partition coefficient (Wildman–Crippen LogP) is 0.0362. The molecular formula is C13H14FN3O3. The van der Waals surface area contributed by atoms with Gasteiger partial charge in [-0.3, -0.25) is 14.5 Å². The number of carbonyl (C=O) groups excluding carboxylic acids is 3.